The lowest BCUT2D eigenvalue weighted by Gasteiger charge is -2.11. The van der Waals surface area contributed by atoms with Gasteiger partial charge in [-0.05, 0) is 35.9 Å². The Kier molecular flexibility index (Phi) is 3.48. The number of methoxy groups -OCH3 is 1. The molecule has 2 nitrogen and oxygen atoms in total. The molecule has 0 aliphatic carbocycles. The lowest BCUT2D eigenvalue weighted by Crippen LogP contribution is -2.00. The third kappa shape index (κ3) is 2.50. The van der Waals surface area contributed by atoms with Gasteiger partial charge in [0.05, 0.1) is 7.11 Å². The van der Waals surface area contributed by atoms with Crippen molar-refractivity contribution in [2.75, 3.05) is 7.11 Å². The second kappa shape index (κ2) is 4.88. The van der Waals surface area contributed by atoms with E-state index in [1.807, 2.05) is 30.3 Å². The van der Waals surface area contributed by atoms with Gasteiger partial charge in [0.1, 0.15) is 11.5 Å². The summed E-state index contributed by atoms with van der Waals surface area (Å²) in [4.78, 5) is 11.3. The van der Waals surface area contributed by atoms with Crippen LogP contribution in [0.4, 0.5) is 0 Å². The van der Waals surface area contributed by atoms with E-state index in [1.54, 1.807) is 14.0 Å². The average Bonchev–Trinajstić information content (AvgIpc) is 2.28. The molecule has 0 saturated carbocycles. The summed E-state index contributed by atoms with van der Waals surface area (Å²) < 4.78 is 6.35. The summed E-state index contributed by atoms with van der Waals surface area (Å²) in [5.74, 6) is 0.911. The summed E-state index contributed by atoms with van der Waals surface area (Å²) in [5.41, 5.74) is 0.963. The zero-order valence-electron chi connectivity index (χ0n) is 9.79. The van der Waals surface area contributed by atoms with Crippen LogP contribution in [0, 0.1) is 0 Å². The number of ether oxygens (including phenoxy) is 1. The van der Waals surface area contributed by atoms with E-state index in [4.69, 9.17) is 4.74 Å². The molecule has 0 saturated heterocycles. The first-order valence-electron chi connectivity index (χ1n) is 5.36. The first kappa shape index (κ1) is 12.1. The summed E-state index contributed by atoms with van der Waals surface area (Å²) in [6, 6.07) is 9.94. The predicted molar refractivity (Wildman–Crippen MR) is 72.6 cm³/mol. The van der Waals surface area contributed by atoms with E-state index in [1.165, 1.54) is 0 Å². The van der Waals surface area contributed by atoms with Crippen LogP contribution in [-0.2, 0) is 11.2 Å². The molecule has 2 aromatic carbocycles. The molecule has 0 aliphatic rings. The van der Waals surface area contributed by atoms with Crippen molar-refractivity contribution in [3.8, 4) is 5.75 Å². The predicted octanol–water partition coefficient (Wildman–Crippen LogP) is 3.74. The Hall–Kier alpha value is -1.35. The quantitative estimate of drug-likeness (QED) is 0.861. The van der Waals surface area contributed by atoms with Gasteiger partial charge in [-0.15, -0.1) is 0 Å². The van der Waals surface area contributed by atoms with Crippen LogP contribution >= 0.6 is 15.9 Å². The van der Waals surface area contributed by atoms with Gasteiger partial charge in [0.25, 0.3) is 0 Å². The summed E-state index contributed by atoms with van der Waals surface area (Å²) in [7, 11) is 1.63. The third-order valence-electron chi connectivity index (χ3n) is 2.70. The fraction of sp³-hybridized carbons (Fsp3) is 0.214. The molecule has 0 spiro atoms. The number of ketones is 1. The molecule has 3 heteroatoms. The van der Waals surface area contributed by atoms with Crippen molar-refractivity contribution in [3.63, 3.8) is 0 Å². The molecule has 88 valence electrons. The third-order valence-corrected chi connectivity index (χ3v) is 3.19. The first-order valence-corrected chi connectivity index (χ1v) is 6.15. The summed E-state index contributed by atoms with van der Waals surface area (Å²) in [6.45, 7) is 1.59. The zero-order chi connectivity index (χ0) is 12.4. The van der Waals surface area contributed by atoms with Crippen molar-refractivity contribution in [3.05, 3.63) is 40.4 Å². The Morgan fingerprint density at radius 2 is 2.06 bits per heavy atom. The highest BCUT2D eigenvalue weighted by Gasteiger charge is 2.10. The van der Waals surface area contributed by atoms with Crippen LogP contribution < -0.4 is 4.74 Å². The largest absolute Gasteiger partial charge is 0.496 e. The van der Waals surface area contributed by atoms with Crippen LogP contribution in [0.2, 0.25) is 0 Å². The number of halogens is 1. The molecule has 0 heterocycles. The maximum Gasteiger partial charge on any atom is 0.134 e. The molecule has 0 radical (unpaired) electrons. The summed E-state index contributed by atoms with van der Waals surface area (Å²) in [5, 5.41) is 2.18. The van der Waals surface area contributed by atoms with Gasteiger partial charge in [-0.1, -0.05) is 28.1 Å². The van der Waals surface area contributed by atoms with E-state index in [9.17, 15) is 4.79 Å². The molecule has 2 aromatic rings. The Morgan fingerprint density at radius 1 is 1.29 bits per heavy atom. The normalized spacial score (nSPS) is 10.5. The Bertz CT molecular complexity index is 576. The van der Waals surface area contributed by atoms with Gasteiger partial charge in [-0.25, -0.2) is 0 Å². The van der Waals surface area contributed by atoms with E-state index in [2.05, 4.69) is 15.9 Å². The second-order valence-electron chi connectivity index (χ2n) is 3.99. The molecule has 2 rings (SSSR count). The van der Waals surface area contributed by atoms with Crippen molar-refractivity contribution in [1.82, 2.24) is 0 Å². The molecule has 0 unspecified atom stereocenters. The smallest absolute Gasteiger partial charge is 0.134 e. The Labute approximate surface area is 109 Å². The first-order chi connectivity index (χ1) is 8.11. The average molecular weight is 293 g/mol. The van der Waals surface area contributed by atoms with Crippen LogP contribution in [0.15, 0.2) is 34.8 Å². The van der Waals surface area contributed by atoms with E-state index >= 15 is 0 Å². The van der Waals surface area contributed by atoms with Gasteiger partial charge in [0, 0.05) is 16.5 Å². The van der Waals surface area contributed by atoms with Gasteiger partial charge in [0.15, 0.2) is 0 Å². The monoisotopic (exact) mass is 292 g/mol. The van der Waals surface area contributed by atoms with Gasteiger partial charge in [-0.3, -0.25) is 4.79 Å². The summed E-state index contributed by atoms with van der Waals surface area (Å²) in [6.07, 6.45) is 0.405. The van der Waals surface area contributed by atoms with E-state index in [-0.39, 0.29) is 5.78 Å². The molecular formula is C14H13BrO2. The maximum absolute atomic E-state index is 11.3. The lowest BCUT2D eigenvalue weighted by atomic mass is 10.00. The number of rotatable bonds is 3. The number of hydrogen-bond acceptors (Lipinski definition) is 2. The van der Waals surface area contributed by atoms with E-state index in [0.717, 1.165) is 26.6 Å². The van der Waals surface area contributed by atoms with Gasteiger partial charge in [-0.2, -0.15) is 0 Å². The van der Waals surface area contributed by atoms with Crippen LogP contribution in [0.25, 0.3) is 10.8 Å². The molecular weight excluding hydrogens is 280 g/mol. The van der Waals surface area contributed by atoms with Crippen molar-refractivity contribution in [2.24, 2.45) is 0 Å². The van der Waals surface area contributed by atoms with Crippen molar-refractivity contribution in [2.45, 2.75) is 13.3 Å². The van der Waals surface area contributed by atoms with Crippen molar-refractivity contribution in [1.29, 1.82) is 0 Å². The highest BCUT2D eigenvalue weighted by atomic mass is 79.9. The molecule has 17 heavy (non-hydrogen) atoms. The fourth-order valence-corrected chi connectivity index (χ4v) is 2.35. The second-order valence-corrected chi connectivity index (χ2v) is 4.91. The minimum Gasteiger partial charge on any atom is -0.496 e. The number of Topliss-reactive ketones (excluding diaryl/α,β-unsaturated/α-hetero) is 1. The van der Waals surface area contributed by atoms with Gasteiger partial charge in [0.2, 0.25) is 0 Å². The van der Waals surface area contributed by atoms with Crippen LogP contribution in [-0.4, -0.2) is 12.9 Å². The van der Waals surface area contributed by atoms with Crippen LogP contribution in [0.5, 0.6) is 5.75 Å². The zero-order valence-corrected chi connectivity index (χ0v) is 11.4. The number of benzene rings is 2. The number of hydrogen-bond donors (Lipinski definition) is 0. The van der Waals surface area contributed by atoms with Gasteiger partial charge >= 0.3 is 0 Å². The number of fused-ring (bicyclic) bond motifs is 1. The SMILES string of the molecule is COc1ccc2cc(Br)ccc2c1CC(C)=O. The lowest BCUT2D eigenvalue weighted by molar-refractivity contribution is -0.116. The minimum absolute atomic E-state index is 0.138. The molecule has 0 amide bonds. The fourth-order valence-electron chi connectivity index (χ4n) is 1.97. The highest BCUT2D eigenvalue weighted by molar-refractivity contribution is 9.10. The minimum atomic E-state index is 0.138. The van der Waals surface area contributed by atoms with Crippen molar-refractivity contribution >= 4 is 32.5 Å². The number of carbonyl (C=O) groups excluding carboxylic acids is 1. The molecule has 0 N–H and O–H groups in total. The standard InChI is InChI=1S/C14H13BrO2/c1-9(16)7-13-12-5-4-11(15)8-10(12)3-6-14(13)17-2/h3-6,8H,7H2,1-2H3. The highest BCUT2D eigenvalue weighted by Crippen LogP contribution is 2.30. The molecule has 0 fully saturated rings. The molecule has 0 atom stereocenters. The van der Waals surface area contributed by atoms with Crippen LogP contribution in [0.1, 0.15) is 12.5 Å². The van der Waals surface area contributed by atoms with Gasteiger partial charge < -0.3 is 4.74 Å². The van der Waals surface area contributed by atoms with Crippen LogP contribution in [0.3, 0.4) is 0 Å². The summed E-state index contributed by atoms with van der Waals surface area (Å²) >= 11 is 3.45. The van der Waals surface area contributed by atoms with Crippen molar-refractivity contribution < 1.29 is 9.53 Å². The molecule has 0 aromatic heterocycles. The number of carbonyl (C=O) groups is 1. The molecule has 0 bridgehead atoms. The van der Waals surface area contributed by atoms with E-state index < -0.39 is 0 Å². The topological polar surface area (TPSA) is 26.3 Å². The van der Waals surface area contributed by atoms with E-state index in [0.29, 0.717) is 6.42 Å². The molecule has 0 aliphatic heterocycles. The maximum atomic E-state index is 11.3. The Morgan fingerprint density at radius 3 is 2.71 bits per heavy atom. The Balaban J connectivity index is 2.69.